The number of rotatable bonds is 7. The quantitative estimate of drug-likeness (QED) is 0.750. The lowest BCUT2D eigenvalue weighted by atomic mass is 10.1. The first-order valence-electron chi connectivity index (χ1n) is 9.91. The van der Waals surface area contributed by atoms with Crippen molar-refractivity contribution in [1.29, 1.82) is 0 Å². The Morgan fingerprint density at radius 3 is 2.48 bits per heavy atom. The molecular formula is C23H30N2O2. The maximum absolute atomic E-state index is 12.3. The molecule has 1 heterocycles. The number of amides is 1. The first-order valence-corrected chi connectivity index (χ1v) is 9.91. The molecule has 144 valence electrons. The number of nitrogens with one attached hydrogen (secondary N) is 1. The normalized spacial score (nSPS) is 14.7. The summed E-state index contributed by atoms with van der Waals surface area (Å²) in [6.45, 7) is 8.39. The number of hydrogen-bond acceptors (Lipinski definition) is 3. The molecule has 1 fully saturated rings. The van der Waals surface area contributed by atoms with Crippen LogP contribution in [0.25, 0.3) is 0 Å². The molecule has 3 rings (SSSR count). The van der Waals surface area contributed by atoms with Crippen molar-refractivity contribution in [3.05, 3.63) is 64.7 Å². The standard InChI is InChI=1S/C23H30N2O2/c1-18-6-11-22(19(2)16-18)27-15-12-24-23(26)21-9-7-20(8-10-21)17-25-13-4-3-5-14-25/h6-11,16H,3-5,12-15,17H2,1-2H3,(H,24,26). The molecule has 0 unspecified atom stereocenters. The molecule has 1 saturated heterocycles. The van der Waals surface area contributed by atoms with Gasteiger partial charge >= 0.3 is 0 Å². The Morgan fingerprint density at radius 2 is 1.78 bits per heavy atom. The number of carbonyl (C=O) groups is 1. The third-order valence-corrected chi connectivity index (χ3v) is 5.05. The van der Waals surface area contributed by atoms with Gasteiger partial charge in [-0.05, 0) is 69.1 Å². The molecule has 0 aromatic heterocycles. The van der Waals surface area contributed by atoms with E-state index >= 15 is 0 Å². The lowest BCUT2D eigenvalue weighted by molar-refractivity contribution is 0.0947. The fraction of sp³-hybridized carbons (Fsp3) is 0.435. The first kappa shape index (κ1) is 19.4. The average Bonchev–Trinajstić information content (AvgIpc) is 2.68. The van der Waals surface area contributed by atoms with Crippen molar-refractivity contribution < 1.29 is 9.53 Å². The molecule has 1 N–H and O–H groups in total. The van der Waals surface area contributed by atoms with Crippen LogP contribution >= 0.6 is 0 Å². The highest BCUT2D eigenvalue weighted by atomic mass is 16.5. The van der Waals surface area contributed by atoms with Crippen molar-refractivity contribution in [3.8, 4) is 5.75 Å². The maximum Gasteiger partial charge on any atom is 0.251 e. The minimum Gasteiger partial charge on any atom is -0.491 e. The summed E-state index contributed by atoms with van der Waals surface area (Å²) in [5, 5.41) is 2.93. The molecule has 2 aromatic rings. The van der Waals surface area contributed by atoms with Gasteiger partial charge in [-0.25, -0.2) is 0 Å². The van der Waals surface area contributed by atoms with Crippen LogP contribution in [-0.4, -0.2) is 37.0 Å². The molecule has 0 bridgehead atoms. The largest absolute Gasteiger partial charge is 0.491 e. The van der Waals surface area contributed by atoms with Gasteiger partial charge in [-0.15, -0.1) is 0 Å². The Kier molecular flexibility index (Phi) is 6.88. The van der Waals surface area contributed by atoms with Crippen molar-refractivity contribution in [3.63, 3.8) is 0 Å². The highest BCUT2D eigenvalue weighted by Crippen LogP contribution is 2.18. The van der Waals surface area contributed by atoms with Gasteiger partial charge in [0, 0.05) is 12.1 Å². The van der Waals surface area contributed by atoms with E-state index < -0.39 is 0 Å². The summed E-state index contributed by atoms with van der Waals surface area (Å²) in [5.41, 5.74) is 4.30. The zero-order valence-corrected chi connectivity index (χ0v) is 16.5. The molecule has 1 aliphatic heterocycles. The second-order valence-electron chi connectivity index (χ2n) is 7.41. The van der Waals surface area contributed by atoms with E-state index in [1.54, 1.807) is 0 Å². The summed E-state index contributed by atoms with van der Waals surface area (Å²) in [4.78, 5) is 14.8. The lowest BCUT2D eigenvalue weighted by Crippen LogP contribution is -2.29. The second-order valence-corrected chi connectivity index (χ2v) is 7.41. The van der Waals surface area contributed by atoms with Gasteiger partial charge in [-0.1, -0.05) is 36.2 Å². The number of benzene rings is 2. The Balaban J connectivity index is 1.42. The molecule has 0 aliphatic carbocycles. The van der Waals surface area contributed by atoms with Crippen molar-refractivity contribution in [2.45, 2.75) is 39.7 Å². The van der Waals surface area contributed by atoms with Crippen LogP contribution < -0.4 is 10.1 Å². The van der Waals surface area contributed by atoms with Crippen LogP contribution in [0.1, 0.15) is 46.3 Å². The predicted molar refractivity (Wildman–Crippen MR) is 109 cm³/mol. The Labute approximate surface area is 162 Å². The third-order valence-electron chi connectivity index (χ3n) is 5.05. The monoisotopic (exact) mass is 366 g/mol. The number of likely N-dealkylation sites (tertiary alicyclic amines) is 1. The van der Waals surface area contributed by atoms with Crippen molar-refractivity contribution in [2.75, 3.05) is 26.2 Å². The zero-order chi connectivity index (χ0) is 19.1. The summed E-state index contributed by atoms with van der Waals surface area (Å²) in [7, 11) is 0. The molecule has 0 saturated carbocycles. The van der Waals surface area contributed by atoms with E-state index in [1.165, 1.54) is 43.5 Å². The van der Waals surface area contributed by atoms with Crippen molar-refractivity contribution >= 4 is 5.91 Å². The number of piperidine rings is 1. The number of ether oxygens (including phenoxy) is 1. The van der Waals surface area contributed by atoms with E-state index in [4.69, 9.17) is 4.74 Å². The molecule has 27 heavy (non-hydrogen) atoms. The van der Waals surface area contributed by atoms with Gasteiger partial charge < -0.3 is 10.1 Å². The second kappa shape index (κ2) is 9.56. The molecule has 2 aromatic carbocycles. The molecular weight excluding hydrogens is 336 g/mol. The van der Waals surface area contributed by atoms with Crippen LogP contribution in [0.3, 0.4) is 0 Å². The molecule has 1 amide bonds. The summed E-state index contributed by atoms with van der Waals surface area (Å²) in [6.07, 6.45) is 3.94. The number of nitrogens with zero attached hydrogens (tertiary/aromatic N) is 1. The van der Waals surface area contributed by atoms with Crippen LogP contribution in [0.5, 0.6) is 5.75 Å². The Morgan fingerprint density at radius 1 is 1.04 bits per heavy atom. The topological polar surface area (TPSA) is 41.6 Å². The van der Waals surface area contributed by atoms with Gasteiger partial charge in [0.15, 0.2) is 0 Å². The highest BCUT2D eigenvalue weighted by Gasteiger charge is 2.11. The summed E-state index contributed by atoms with van der Waals surface area (Å²) < 4.78 is 5.76. The van der Waals surface area contributed by atoms with Crippen LogP contribution in [0.4, 0.5) is 0 Å². The molecule has 0 spiro atoms. The smallest absolute Gasteiger partial charge is 0.251 e. The third kappa shape index (κ3) is 5.83. The average molecular weight is 367 g/mol. The minimum atomic E-state index is -0.0521. The molecule has 0 radical (unpaired) electrons. The first-order chi connectivity index (χ1) is 13.1. The predicted octanol–water partition coefficient (Wildman–Crippen LogP) is 4.10. The zero-order valence-electron chi connectivity index (χ0n) is 16.5. The maximum atomic E-state index is 12.3. The highest BCUT2D eigenvalue weighted by molar-refractivity contribution is 5.94. The lowest BCUT2D eigenvalue weighted by Gasteiger charge is -2.26. The SMILES string of the molecule is Cc1ccc(OCCNC(=O)c2ccc(CN3CCCCC3)cc2)c(C)c1. The number of carbonyl (C=O) groups excluding carboxylic acids is 1. The summed E-state index contributed by atoms with van der Waals surface area (Å²) in [5.74, 6) is 0.820. The van der Waals surface area contributed by atoms with Crippen molar-refractivity contribution in [2.24, 2.45) is 0 Å². The minimum absolute atomic E-state index is 0.0521. The molecule has 0 atom stereocenters. The van der Waals surface area contributed by atoms with Crippen LogP contribution in [0, 0.1) is 13.8 Å². The van der Waals surface area contributed by atoms with Gasteiger partial charge in [-0.3, -0.25) is 9.69 Å². The molecule has 4 nitrogen and oxygen atoms in total. The van der Waals surface area contributed by atoms with Gasteiger partial charge in [0.25, 0.3) is 5.91 Å². The number of aryl methyl sites for hydroxylation is 2. The molecule has 1 aliphatic rings. The van der Waals surface area contributed by atoms with Gasteiger partial charge in [0.05, 0.1) is 6.54 Å². The van der Waals surface area contributed by atoms with Crippen LogP contribution in [0.2, 0.25) is 0 Å². The Bertz CT molecular complexity index is 749. The fourth-order valence-corrected chi connectivity index (χ4v) is 3.53. The summed E-state index contributed by atoms with van der Waals surface area (Å²) >= 11 is 0. The van der Waals surface area contributed by atoms with E-state index in [2.05, 4.69) is 35.3 Å². The fourth-order valence-electron chi connectivity index (χ4n) is 3.53. The summed E-state index contributed by atoms with van der Waals surface area (Å²) in [6, 6.07) is 14.1. The molecule has 4 heteroatoms. The van der Waals surface area contributed by atoms with Crippen LogP contribution in [0.15, 0.2) is 42.5 Å². The Hall–Kier alpha value is -2.33. The van der Waals surface area contributed by atoms with Gasteiger partial charge in [0.1, 0.15) is 12.4 Å². The van der Waals surface area contributed by atoms with E-state index in [-0.39, 0.29) is 5.91 Å². The van der Waals surface area contributed by atoms with Gasteiger partial charge in [0.2, 0.25) is 0 Å². The van der Waals surface area contributed by atoms with Gasteiger partial charge in [-0.2, -0.15) is 0 Å². The number of hydrogen-bond donors (Lipinski definition) is 1. The van der Waals surface area contributed by atoms with E-state index in [9.17, 15) is 4.79 Å². The van der Waals surface area contributed by atoms with Crippen LogP contribution in [-0.2, 0) is 6.54 Å². The van der Waals surface area contributed by atoms with E-state index in [0.717, 1.165) is 17.9 Å². The van der Waals surface area contributed by atoms with E-state index in [0.29, 0.717) is 18.7 Å². The van der Waals surface area contributed by atoms with E-state index in [1.807, 2.05) is 31.2 Å². The van der Waals surface area contributed by atoms with Crippen molar-refractivity contribution in [1.82, 2.24) is 10.2 Å².